The molecule has 1 aliphatic heterocycles. The predicted molar refractivity (Wildman–Crippen MR) is 127 cm³/mol. The first-order valence-electron chi connectivity index (χ1n) is 11.5. The first-order valence-corrected chi connectivity index (χ1v) is 11.5. The lowest BCUT2D eigenvalue weighted by Crippen LogP contribution is -2.43. The lowest BCUT2D eigenvalue weighted by Gasteiger charge is -2.33. The highest BCUT2D eigenvalue weighted by atomic mass is 16.4. The van der Waals surface area contributed by atoms with Crippen LogP contribution in [0.1, 0.15) is 42.7 Å². The number of hydrogen-bond donors (Lipinski definition) is 2. The van der Waals surface area contributed by atoms with E-state index in [2.05, 4.69) is 20.6 Å². The molecule has 0 saturated carbocycles. The van der Waals surface area contributed by atoms with Crippen molar-refractivity contribution in [1.29, 1.82) is 0 Å². The van der Waals surface area contributed by atoms with Gasteiger partial charge in [-0.2, -0.15) is 5.21 Å². The number of aliphatic carboxylic acids is 1. The highest BCUT2D eigenvalue weighted by molar-refractivity contribution is 5.84. The third-order valence-corrected chi connectivity index (χ3v) is 6.40. The highest BCUT2D eigenvalue weighted by Crippen LogP contribution is 2.33. The van der Waals surface area contributed by atoms with Crippen molar-refractivity contribution in [3.63, 3.8) is 0 Å². The van der Waals surface area contributed by atoms with Gasteiger partial charge in [0.25, 0.3) is 0 Å². The van der Waals surface area contributed by atoms with Crippen LogP contribution in [0.25, 0.3) is 22.5 Å². The van der Waals surface area contributed by atoms with Crippen LogP contribution in [0.3, 0.4) is 0 Å². The minimum atomic E-state index is -1.04. The Morgan fingerprint density at radius 1 is 1.11 bits per heavy atom. The number of amides is 1. The number of aromatic nitrogens is 6. The van der Waals surface area contributed by atoms with Gasteiger partial charge in [0.15, 0.2) is 6.04 Å². The maximum absolute atomic E-state index is 12.2. The summed E-state index contributed by atoms with van der Waals surface area (Å²) in [6.07, 6.45) is 1.21. The van der Waals surface area contributed by atoms with E-state index >= 15 is 0 Å². The molecule has 0 spiro atoms. The minimum Gasteiger partial charge on any atom is -0.479 e. The molecule has 2 aromatic heterocycles. The molecule has 0 saturated heterocycles. The highest BCUT2D eigenvalue weighted by Gasteiger charge is 2.39. The van der Waals surface area contributed by atoms with E-state index in [1.807, 2.05) is 60.0 Å². The first-order chi connectivity index (χ1) is 17.0. The Bertz CT molecular complexity index is 1380. The maximum atomic E-state index is 12.2. The van der Waals surface area contributed by atoms with Crippen molar-refractivity contribution >= 4 is 11.9 Å². The smallest absolute Gasteiger partial charge is 0.332 e. The van der Waals surface area contributed by atoms with Gasteiger partial charge in [0.2, 0.25) is 11.7 Å². The SMILES string of the molecule is CCc1nc2c(n1Cc1ccc(-c3ccccc3-c3nn[nH]n3)cc1)C(C(=O)O)N(C(C)=O)CC2. The van der Waals surface area contributed by atoms with Crippen LogP contribution < -0.4 is 0 Å². The number of fused-ring (bicyclic) bond motifs is 1. The second-order valence-corrected chi connectivity index (χ2v) is 8.48. The van der Waals surface area contributed by atoms with E-state index in [1.165, 1.54) is 11.8 Å². The number of hydrogen-bond acceptors (Lipinski definition) is 6. The number of H-pyrrole nitrogens is 1. The minimum absolute atomic E-state index is 0.251. The number of rotatable bonds is 6. The summed E-state index contributed by atoms with van der Waals surface area (Å²) < 4.78 is 1.96. The lowest BCUT2D eigenvalue weighted by molar-refractivity contribution is -0.150. The Hall–Kier alpha value is -4.34. The number of nitrogens with zero attached hydrogens (tertiary/aromatic N) is 6. The van der Waals surface area contributed by atoms with Gasteiger partial charge >= 0.3 is 5.97 Å². The van der Waals surface area contributed by atoms with Gasteiger partial charge in [-0.1, -0.05) is 55.5 Å². The molecule has 2 N–H and O–H groups in total. The van der Waals surface area contributed by atoms with Crippen LogP contribution in [0.15, 0.2) is 48.5 Å². The quantitative estimate of drug-likeness (QED) is 0.442. The number of tetrazole rings is 1. The van der Waals surface area contributed by atoms with E-state index in [-0.39, 0.29) is 5.91 Å². The van der Waals surface area contributed by atoms with E-state index < -0.39 is 12.0 Å². The molecule has 3 heterocycles. The second-order valence-electron chi connectivity index (χ2n) is 8.48. The molecule has 0 fully saturated rings. The largest absolute Gasteiger partial charge is 0.479 e. The van der Waals surface area contributed by atoms with Crippen molar-refractivity contribution in [3.8, 4) is 22.5 Å². The molecule has 10 heteroatoms. The molecule has 2 aromatic carbocycles. The Morgan fingerprint density at radius 2 is 1.86 bits per heavy atom. The van der Waals surface area contributed by atoms with Crippen LogP contribution in [-0.2, 0) is 29.0 Å². The maximum Gasteiger partial charge on any atom is 0.332 e. The molecule has 1 amide bonds. The number of carbonyl (C=O) groups is 2. The van der Waals surface area contributed by atoms with Crippen LogP contribution in [0.2, 0.25) is 0 Å². The molecular weight excluding hydrogens is 446 g/mol. The van der Waals surface area contributed by atoms with Crippen molar-refractivity contribution in [1.82, 2.24) is 35.1 Å². The van der Waals surface area contributed by atoms with Gasteiger partial charge in [-0.3, -0.25) is 4.79 Å². The standard InChI is InChI=1S/C25H25N7O3/c1-3-21-26-20-12-13-31(15(2)33)23(25(34)35)22(20)32(21)14-16-8-10-17(11-9-16)18-6-4-5-7-19(18)24-27-29-30-28-24/h4-11,23H,3,12-14H2,1-2H3,(H,34,35)(H,27,28,29,30). The van der Waals surface area contributed by atoms with Gasteiger partial charge in [0.1, 0.15) is 5.82 Å². The Kier molecular flexibility index (Phi) is 5.86. The van der Waals surface area contributed by atoms with E-state index in [0.29, 0.717) is 37.4 Å². The molecule has 10 nitrogen and oxygen atoms in total. The van der Waals surface area contributed by atoms with Crippen molar-refractivity contribution < 1.29 is 14.7 Å². The van der Waals surface area contributed by atoms with Gasteiger partial charge in [-0.05, 0) is 21.9 Å². The van der Waals surface area contributed by atoms with Crippen LogP contribution in [0, 0.1) is 0 Å². The van der Waals surface area contributed by atoms with Gasteiger partial charge in [0.05, 0.1) is 11.4 Å². The molecule has 1 aliphatic rings. The zero-order valence-corrected chi connectivity index (χ0v) is 19.5. The zero-order chi connectivity index (χ0) is 24.5. The summed E-state index contributed by atoms with van der Waals surface area (Å²) in [4.78, 5) is 30.5. The zero-order valence-electron chi connectivity index (χ0n) is 19.5. The number of aryl methyl sites for hydroxylation is 1. The normalized spacial score (nSPS) is 15.1. The average Bonchev–Trinajstić information content (AvgIpc) is 3.52. The number of carboxylic acid groups (broad SMARTS) is 1. The Morgan fingerprint density at radius 3 is 2.49 bits per heavy atom. The molecule has 1 atom stereocenters. The molecule has 0 aliphatic carbocycles. The molecule has 178 valence electrons. The second kappa shape index (κ2) is 9.13. The van der Waals surface area contributed by atoms with Gasteiger partial charge in [-0.25, -0.2) is 9.78 Å². The fraction of sp³-hybridized carbons (Fsp3) is 0.280. The van der Waals surface area contributed by atoms with Crippen LogP contribution in [0.5, 0.6) is 0 Å². The Balaban J connectivity index is 1.50. The van der Waals surface area contributed by atoms with E-state index in [0.717, 1.165) is 33.8 Å². The fourth-order valence-electron chi connectivity index (χ4n) is 4.77. The number of benzene rings is 2. The topological polar surface area (TPSA) is 130 Å². The number of aromatic amines is 1. The molecular formula is C25H25N7O3. The summed E-state index contributed by atoms with van der Waals surface area (Å²) in [6.45, 7) is 4.23. The molecule has 5 rings (SSSR count). The van der Waals surface area contributed by atoms with Crippen LogP contribution in [-0.4, -0.2) is 58.6 Å². The molecule has 0 bridgehead atoms. The van der Waals surface area contributed by atoms with E-state index in [1.54, 1.807) is 0 Å². The monoisotopic (exact) mass is 471 g/mol. The number of carboxylic acids is 1. The number of carbonyl (C=O) groups excluding carboxylic acids is 1. The first kappa shape index (κ1) is 22.5. The summed E-state index contributed by atoms with van der Waals surface area (Å²) in [5.41, 5.74) is 5.23. The van der Waals surface area contributed by atoms with Gasteiger partial charge < -0.3 is 14.6 Å². The van der Waals surface area contributed by atoms with Gasteiger partial charge in [-0.15, -0.1) is 10.2 Å². The number of imidazole rings is 1. The molecule has 4 aromatic rings. The average molecular weight is 472 g/mol. The van der Waals surface area contributed by atoms with E-state index in [4.69, 9.17) is 4.98 Å². The van der Waals surface area contributed by atoms with Crippen molar-refractivity contribution in [2.45, 2.75) is 39.3 Å². The summed E-state index contributed by atoms with van der Waals surface area (Å²) in [5, 5.41) is 24.4. The van der Waals surface area contributed by atoms with Crippen LogP contribution in [0.4, 0.5) is 0 Å². The summed E-state index contributed by atoms with van der Waals surface area (Å²) in [6, 6.07) is 14.9. The van der Waals surface area contributed by atoms with Crippen LogP contribution >= 0.6 is 0 Å². The van der Waals surface area contributed by atoms with Gasteiger partial charge in [0, 0.05) is 38.4 Å². The third-order valence-electron chi connectivity index (χ3n) is 6.40. The van der Waals surface area contributed by atoms with Crippen molar-refractivity contribution in [2.24, 2.45) is 0 Å². The van der Waals surface area contributed by atoms with E-state index in [9.17, 15) is 14.7 Å². The van der Waals surface area contributed by atoms with Crippen molar-refractivity contribution in [3.05, 3.63) is 71.3 Å². The molecule has 1 unspecified atom stereocenters. The summed E-state index contributed by atoms with van der Waals surface area (Å²) in [7, 11) is 0. The fourth-order valence-corrected chi connectivity index (χ4v) is 4.77. The lowest BCUT2D eigenvalue weighted by atomic mass is 9.98. The summed E-state index contributed by atoms with van der Waals surface area (Å²) >= 11 is 0. The molecule has 0 radical (unpaired) electrons. The third kappa shape index (κ3) is 4.07. The van der Waals surface area contributed by atoms with Crippen molar-refractivity contribution in [2.75, 3.05) is 6.54 Å². The summed E-state index contributed by atoms with van der Waals surface area (Å²) in [5.74, 6) is 0.0482. The Labute approximate surface area is 201 Å². The molecule has 35 heavy (non-hydrogen) atoms. The number of nitrogens with one attached hydrogen (secondary N) is 1. The predicted octanol–water partition coefficient (Wildman–Crippen LogP) is 2.87.